The van der Waals surface area contributed by atoms with Crippen molar-refractivity contribution in [2.24, 2.45) is 17.1 Å². The highest BCUT2D eigenvalue weighted by Crippen LogP contribution is 2.53. The largest absolute Gasteiger partial charge is 0.390 e. The van der Waals surface area contributed by atoms with Crippen LogP contribution in [0.1, 0.15) is 65.0 Å². The predicted molar refractivity (Wildman–Crippen MR) is 119 cm³/mol. The Bertz CT molecular complexity index is 784. The number of benzene rings is 1. The van der Waals surface area contributed by atoms with E-state index < -0.39 is 29.7 Å². The van der Waals surface area contributed by atoms with Crippen molar-refractivity contribution in [2.45, 2.75) is 89.8 Å². The molecule has 7 heteroatoms. The van der Waals surface area contributed by atoms with Crippen LogP contribution >= 0.6 is 0 Å². The molecule has 2 aliphatic rings. The first-order chi connectivity index (χ1) is 14.6. The number of aliphatic hydroxyl groups excluding tert-OH is 2. The second-order valence-electron chi connectivity index (χ2n) is 9.86. The first kappa shape index (κ1) is 23.7. The molecule has 0 unspecified atom stereocenters. The number of nitrogens with one attached hydrogen (secondary N) is 1. The lowest BCUT2D eigenvalue weighted by Gasteiger charge is -2.40. The monoisotopic (exact) mass is 431 g/mol. The normalized spacial score (nSPS) is 32.8. The number of fused-ring (bicyclic) bond motifs is 1. The van der Waals surface area contributed by atoms with Gasteiger partial charge in [-0.3, -0.25) is 9.59 Å². The Balaban J connectivity index is 2.03. The number of hydrogen-bond acceptors (Lipinski definition) is 5. The van der Waals surface area contributed by atoms with Crippen molar-refractivity contribution >= 4 is 11.8 Å². The van der Waals surface area contributed by atoms with Crippen molar-refractivity contribution in [1.82, 2.24) is 10.2 Å². The van der Waals surface area contributed by atoms with Gasteiger partial charge in [0.25, 0.3) is 0 Å². The second kappa shape index (κ2) is 9.27. The van der Waals surface area contributed by atoms with Crippen molar-refractivity contribution in [2.75, 3.05) is 0 Å². The first-order valence-electron chi connectivity index (χ1n) is 11.4. The van der Waals surface area contributed by atoms with Gasteiger partial charge in [0.05, 0.1) is 24.3 Å². The summed E-state index contributed by atoms with van der Waals surface area (Å²) < 4.78 is 0. The minimum atomic E-state index is -0.917. The van der Waals surface area contributed by atoms with Gasteiger partial charge < -0.3 is 26.2 Å². The molecule has 0 aromatic heterocycles. The van der Waals surface area contributed by atoms with Gasteiger partial charge in [-0.15, -0.1) is 0 Å². The molecule has 1 aliphatic heterocycles. The number of carbonyl (C=O) groups excluding carboxylic acids is 2. The lowest BCUT2D eigenvalue weighted by Crippen LogP contribution is -2.57. The second-order valence-corrected chi connectivity index (χ2v) is 9.86. The molecule has 7 nitrogen and oxygen atoms in total. The summed E-state index contributed by atoms with van der Waals surface area (Å²) in [6.45, 7) is 7.38. The quantitative estimate of drug-likeness (QED) is 0.567. The van der Waals surface area contributed by atoms with Crippen LogP contribution in [0, 0.1) is 11.3 Å². The molecule has 0 bridgehead atoms. The molecule has 1 saturated carbocycles. The Kier molecular flexibility index (Phi) is 7.08. The van der Waals surface area contributed by atoms with E-state index in [9.17, 15) is 19.8 Å². The van der Waals surface area contributed by atoms with E-state index in [2.05, 4.69) is 5.32 Å². The number of carbonyl (C=O) groups is 2. The summed E-state index contributed by atoms with van der Waals surface area (Å²) in [5.74, 6) is -0.642. The van der Waals surface area contributed by atoms with Crippen LogP contribution in [0.4, 0.5) is 0 Å². The summed E-state index contributed by atoms with van der Waals surface area (Å²) in [5, 5.41) is 24.4. The highest BCUT2D eigenvalue weighted by atomic mass is 16.3. The summed E-state index contributed by atoms with van der Waals surface area (Å²) in [5.41, 5.74) is 6.09. The van der Waals surface area contributed by atoms with Crippen LogP contribution in [0.3, 0.4) is 0 Å². The fourth-order valence-corrected chi connectivity index (χ4v) is 5.31. The zero-order chi connectivity index (χ0) is 22.9. The molecule has 1 heterocycles. The molecule has 7 atom stereocenters. The molecule has 2 amide bonds. The van der Waals surface area contributed by atoms with E-state index >= 15 is 0 Å². The van der Waals surface area contributed by atoms with Gasteiger partial charge in [0, 0.05) is 11.5 Å². The Morgan fingerprint density at radius 1 is 1.16 bits per heavy atom. The average molecular weight is 432 g/mol. The van der Waals surface area contributed by atoms with Gasteiger partial charge in [-0.05, 0) is 44.1 Å². The van der Waals surface area contributed by atoms with Gasteiger partial charge in [-0.2, -0.15) is 0 Å². The van der Waals surface area contributed by atoms with Crippen molar-refractivity contribution in [3.05, 3.63) is 35.9 Å². The van der Waals surface area contributed by atoms with E-state index in [1.54, 1.807) is 6.92 Å². The highest BCUT2D eigenvalue weighted by molar-refractivity contribution is 5.90. The molecular formula is C24H37N3O4. The van der Waals surface area contributed by atoms with Crippen LogP contribution < -0.4 is 11.1 Å². The number of nitrogens with two attached hydrogens (primary N) is 1. The van der Waals surface area contributed by atoms with Crippen LogP contribution in [0.2, 0.25) is 0 Å². The van der Waals surface area contributed by atoms with E-state index in [0.29, 0.717) is 19.3 Å². The van der Waals surface area contributed by atoms with Crippen molar-refractivity contribution in [3.8, 4) is 0 Å². The maximum atomic E-state index is 14.0. The topological polar surface area (TPSA) is 116 Å². The summed E-state index contributed by atoms with van der Waals surface area (Å²) in [6.07, 6.45) is 0.770. The maximum Gasteiger partial charge on any atom is 0.246 e. The third-order valence-electron chi connectivity index (χ3n) is 7.17. The number of nitrogens with zero attached hydrogens (tertiary/aromatic N) is 1. The van der Waals surface area contributed by atoms with Gasteiger partial charge >= 0.3 is 0 Å². The lowest BCUT2D eigenvalue weighted by atomic mass is 9.74. The van der Waals surface area contributed by atoms with Gasteiger partial charge in [-0.25, -0.2) is 0 Å². The molecule has 5 N–H and O–H groups in total. The Hall–Kier alpha value is -1.96. The summed E-state index contributed by atoms with van der Waals surface area (Å²) in [7, 11) is 0. The zero-order valence-electron chi connectivity index (χ0n) is 19.0. The Labute approximate surface area is 185 Å². The van der Waals surface area contributed by atoms with Crippen LogP contribution in [0.15, 0.2) is 30.3 Å². The number of amides is 2. The van der Waals surface area contributed by atoms with Crippen molar-refractivity contribution < 1.29 is 19.8 Å². The fourth-order valence-electron chi connectivity index (χ4n) is 5.31. The predicted octanol–water partition coefficient (Wildman–Crippen LogP) is 1.73. The fraction of sp³-hybridized carbons (Fsp3) is 0.667. The molecule has 1 saturated heterocycles. The number of aliphatic hydroxyl groups is 2. The molecule has 0 spiro atoms. The molecule has 1 aromatic carbocycles. The number of likely N-dealkylation sites (tertiary alicyclic amines) is 1. The van der Waals surface area contributed by atoms with Crippen LogP contribution in [0.25, 0.3) is 0 Å². The minimum absolute atomic E-state index is 0.125. The Morgan fingerprint density at radius 2 is 1.81 bits per heavy atom. The summed E-state index contributed by atoms with van der Waals surface area (Å²) in [6, 6.07) is 7.91. The van der Waals surface area contributed by atoms with Gasteiger partial charge in [-0.1, -0.05) is 51.1 Å². The number of rotatable bonds is 5. The van der Waals surface area contributed by atoms with Gasteiger partial charge in [0.15, 0.2) is 0 Å². The van der Waals surface area contributed by atoms with Crippen LogP contribution in [-0.4, -0.2) is 57.3 Å². The zero-order valence-corrected chi connectivity index (χ0v) is 19.0. The molecule has 1 aliphatic carbocycles. The van der Waals surface area contributed by atoms with E-state index in [1.165, 1.54) is 0 Å². The smallest absolute Gasteiger partial charge is 0.246 e. The average Bonchev–Trinajstić information content (AvgIpc) is 2.99. The highest BCUT2D eigenvalue weighted by Gasteiger charge is 2.57. The van der Waals surface area contributed by atoms with E-state index in [4.69, 9.17) is 5.73 Å². The standard InChI is InChI=1S/C24H37N3O4/c1-14(2)20(26-22(30)15(3)25)23(31)27-17(16-9-6-5-7-10-16)13-24(4)19(27)12-8-11-18(28)21(24)29/h5-7,9-10,14-15,17-21,28-29H,8,11-13,25H2,1-4H3,(H,26,30)/t15-,17+,18-,19+,20-,21-,24+/m0/s1. The molecule has 31 heavy (non-hydrogen) atoms. The summed E-state index contributed by atoms with van der Waals surface area (Å²) in [4.78, 5) is 28.2. The van der Waals surface area contributed by atoms with E-state index in [1.807, 2.05) is 56.0 Å². The van der Waals surface area contributed by atoms with Crippen molar-refractivity contribution in [3.63, 3.8) is 0 Å². The van der Waals surface area contributed by atoms with Crippen molar-refractivity contribution in [1.29, 1.82) is 0 Å². The molecule has 2 fully saturated rings. The van der Waals surface area contributed by atoms with E-state index in [0.717, 1.165) is 12.0 Å². The van der Waals surface area contributed by atoms with Gasteiger partial charge in [0.2, 0.25) is 11.8 Å². The third kappa shape index (κ3) is 4.49. The SMILES string of the molecule is CC(C)[C@H](NC(=O)[C@H](C)N)C(=O)N1[C@@H](c2ccccc2)C[C@@]2(C)[C@@H](O)[C@@H](O)CCC[C@@H]12. The summed E-state index contributed by atoms with van der Waals surface area (Å²) >= 11 is 0. The molecular weight excluding hydrogens is 394 g/mol. The minimum Gasteiger partial charge on any atom is -0.390 e. The van der Waals surface area contributed by atoms with Gasteiger partial charge in [0.1, 0.15) is 6.04 Å². The molecule has 1 aromatic rings. The Morgan fingerprint density at radius 3 is 2.39 bits per heavy atom. The molecule has 3 rings (SSSR count). The number of hydrogen-bond donors (Lipinski definition) is 4. The molecule has 0 radical (unpaired) electrons. The first-order valence-corrected chi connectivity index (χ1v) is 11.4. The van der Waals surface area contributed by atoms with Crippen LogP contribution in [-0.2, 0) is 9.59 Å². The lowest BCUT2D eigenvalue weighted by molar-refractivity contribution is -0.142. The third-order valence-corrected chi connectivity index (χ3v) is 7.17. The molecule has 172 valence electrons. The van der Waals surface area contributed by atoms with Crippen LogP contribution in [0.5, 0.6) is 0 Å². The maximum absolute atomic E-state index is 14.0. The van der Waals surface area contributed by atoms with E-state index in [-0.39, 0.29) is 29.8 Å².